The van der Waals surface area contributed by atoms with E-state index in [2.05, 4.69) is 6.92 Å². The van der Waals surface area contributed by atoms with Gasteiger partial charge in [0.05, 0.1) is 0 Å². The predicted octanol–water partition coefficient (Wildman–Crippen LogP) is 2.32. The quantitative estimate of drug-likeness (QED) is 0.898. The van der Waals surface area contributed by atoms with Gasteiger partial charge in [-0.05, 0) is 43.4 Å². The first kappa shape index (κ1) is 14.9. The van der Waals surface area contributed by atoms with Crippen molar-refractivity contribution < 1.29 is 9.53 Å². The molecule has 1 aromatic carbocycles. The average Bonchev–Trinajstić information content (AvgIpc) is 2.52. The Hall–Kier alpha value is -1.55. The van der Waals surface area contributed by atoms with Crippen molar-refractivity contribution in [1.82, 2.24) is 4.90 Å². The summed E-state index contributed by atoms with van der Waals surface area (Å²) >= 11 is 0. The molecule has 2 rings (SSSR count). The lowest BCUT2D eigenvalue weighted by Gasteiger charge is -2.35. The van der Waals surface area contributed by atoms with Gasteiger partial charge in [0.15, 0.2) is 6.61 Å². The molecule has 110 valence electrons. The second kappa shape index (κ2) is 7.29. The van der Waals surface area contributed by atoms with Crippen LogP contribution < -0.4 is 10.5 Å². The van der Waals surface area contributed by atoms with Crippen molar-refractivity contribution in [3.05, 3.63) is 29.8 Å². The summed E-state index contributed by atoms with van der Waals surface area (Å²) in [6, 6.07) is 7.99. The minimum Gasteiger partial charge on any atom is -0.484 e. The smallest absolute Gasteiger partial charge is 0.260 e. The lowest BCUT2D eigenvalue weighted by atomic mass is 10.00. The molecule has 0 radical (unpaired) electrons. The summed E-state index contributed by atoms with van der Waals surface area (Å²) in [6.45, 7) is 3.60. The number of piperidine rings is 1. The van der Waals surface area contributed by atoms with Gasteiger partial charge in [0, 0.05) is 19.1 Å². The van der Waals surface area contributed by atoms with Crippen molar-refractivity contribution in [2.24, 2.45) is 5.73 Å². The molecule has 1 aliphatic rings. The molecule has 1 atom stereocenters. The van der Waals surface area contributed by atoms with Crippen LogP contribution in [0.1, 0.15) is 38.2 Å². The molecule has 1 saturated heterocycles. The highest BCUT2D eigenvalue weighted by Crippen LogP contribution is 2.20. The summed E-state index contributed by atoms with van der Waals surface area (Å²) in [6.07, 6.45) is 4.46. The number of amides is 1. The zero-order valence-electron chi connectivity index (χ0n) is 12.2. The van der Waals surface area contributed by atoms with Crippen molar-refractivity contribution in [1.29, 1.82) is 0 Å². The molecule has 4 nitrogen and oxygen atoms in total. The molecular formula is C16H24N2O2. The van der Waals surface area contributed by atoms with E-state index in [-0.39, 0.29) is 12.5 Å². The van der Waals surface area contributed by atoms with Gasteiger partial charge in [-0.1, -0.05) is 19.1 Å². The van der Waals surface area contributed by atoms with E-state index in [1.807, 2.05) is 29.2 Å². The largest absolute Gasteiger partial charge is 0.484 e. The molecule has 0 bridgehead atoms. The molecule has 4 heteroatoms. The number of benzene rings is 1. The lowest BCUT2D eigenvalue weighted by Crippen LogP contribution is -2.45. The van der Waals surface area contributed by atoms with Gasteiger partial charge >= 0.3 is 0 Å². The third-order valence-corrected chi connectivity index (χ3v) is 3.92. The highest BCUT2D eigenvalue weighted by molar-refractivity contribution is 5.78. The van der Waals surface area contributed by atoms with Gasteiger partial charge < -0.3 is 15.4 Å². The van der Waals surface area contributed by atoms with E-state index in [0.717, 1.165) is 31.4 Å². The maximum absolute atomic E-state index is 12.3. The summed E-state index contributed by atoms with van der Waals surface area (Å²) in [5, 5.41) is 0. The third kappa shape index (κ3) is 3.73. The lowest BCUT2D eigenvalue weighted by molar-refractivity contribution is -0.137. The zero-order chi connectivity index (χ0) is 14.4. The van der Waals surface area contributed by atoms with Crippen LogP contribution in [-0.4, -0.2) is 30.0 Å². The molecule has 1 aliphatic heterocycles. The van der Waals surface area contributed by atoms with Gasteiger partial charge in [-0.25, -0.2) is 0 Å². The Morgan fingerprint density at radius 1 is 1.45 bits per heavy atom. The number of likely N-dealkylation sites (tertiary alicyclic amines) is 1. The van der Waals surface area contributed by atoms with Crippen molar-refractivity contribution in [3.63, 3.8) is 0 Å². The minimum absolute atomic E-state index is 0.0923. The highest BCUT2D eigenvalue weighted by Gasteiger charge is 2.25. The second-order valence-corrected chi connectivity index (χ2v) is 5.29. The molecule has 0 saturated carbocycles. The number of carbonyl (C=O) groups excluding carboxylic acids is 1. The Labute approximate surface area is 120 Å². The molecular weight excluding hydrogens is 252 g/mol. The average molecular weight is 276 g/mol. The van der Waals surface area contributed by atoms with Crippen molar-refractivity contribution in [2.45, 2.75) is 45.2 Å². The van der Waals surface area contributed by atoms with E-state index in [1.165, 1.54) is 6.42 Å². The number of hydrogen-bond donors (Lipinski definition) is 1. The first-order chi connectivity index (χ1) is 9.74. The molecule has 1 fully saturated rings. The molecule has 20 heavy (non-hydrogen) atoms. The second-order valence-electron chi connectivity index (χ2n) is 5.29. The van der Waals surface area contributed by atoms with Crippen LogP contribution in [0, 0.1) is 0 Å². The van der Waals surface area contributed by atoms with Crippen LogP contribution in [0.5, 0.6) is 5.75 Å². The molecule has 1 unspecified atom stereocenters. The molecule has 1 aromatic rings. The van der Waals surface area contributed by atoms with E-state index in [9.17, 15) is 4.79 Å². The van der Waals surface area contributed by atoms with Crippen molar-refractivity contribution in [2.75, 3.05) is 13.2 Å². The normalized spacial score (nSPS) is 18.9. The molecule has 0 aromatic heterocycles. The summed E-state index contributed by atoms with van der Waals surface area (Å²) in [5.41, 5.74) is 6.61. The Balaban J connectivity index is 1.90. The van der Waals surface area contributed by atoms with E-state index >= 15 is 0 Å². The first-order valence-electron chi connectivity index (χ1n) is 7.46. The van der Waals surface area contributed by atoms with Crippen LogP contribution in [0.15, 0.2) is 24.3 Å². The maximum Gasteiger partial charge on any atom is 0.260 e. The third-order valence-electron chi connectivity index (χ3n) is 3.92. The van der Waals surface area contributed by atoms with E-state index in [0.29, 0.717) is 18.3 Å². The number of rotatable bonds is 5. The number of ether oxygens (including phenoxy) is 1. The number of nitrogens with two attached hydrogens (primary N) is 1. The van der Waals surface area contributed by atoms with Crippen LogP contribution in [0.3, 0.4) is 0 Å². The Morgan fingerprint density at radius 3 is 3.05 bits per heavy atom. The highest BCUT2D eigenvalue weighted by atomic mass is 16.5. The van der Waals surface area contributed by atoms with E-state index < -0.39 is 0 Å². The maximum atomic E-state index is 12.3. The standard InChI is InChI=1S/C16H24N2O2/c1-2-14-7-3-4-9-18(14)16(19)12-20-15-8-5-6-13(10-15)11-17/h5-6,8,10,14H,2-4,7,9,11-12,17H2,1H3. The molecule has 0 spiro atoms. The SMILES string of the molecule is CCC1CCCCN1C(=O)COc1cccc(CN)c1. The number of carbonyl (C=O) groups is 1. The minimum atomic E-state index is 0.0923. The number of nitrogens with zero attached hydrogens (tertiary/aromatic N) is 1. The fraction of sp³-hybridized carbons (Fsp3) is 0.562. The van der Waals surface area contributed by atoms with Crippen LogP contribution in [-0.2, 0) is 11.3 Å². The van der Waals surface area contributed by atoms with Crippen LogP contribution >= 0.6 is 0 Å². The van der Waals surface area contributed by atoms with Gasteiger partial charge in [-0.2, -0.15) is 0 Å². The molecule has 1 amide bonds. The van der Waals surface area contributed by atoms with Crippen LogP contribution in [0.25, 0.3) is 0 Å². The summed E-state index contributed by atoms with van der Waals surface area (Å²) in [4.78, 5) is 14.3. The van der Waals surface area contributed by atoms with E-state index in [1.54, 1.807) is 0 Å². The van der Waals surface area contributed by atoms with Gasteiger partial charge in [0.25, 0.3) is 5.91 Å². The summed E-state index contributed by atoms with van der Waals surface area (Å²) in [5.74, 6) is 0.807. The Bertz CT molecular complexity index is 448. The van der Waals surface area contributed by atoms with Crippen LogP contribution in [0.2, 0.25) is 0 Å². The monoisotopic (exact) mass is 276 g/mol. The first-order valence-corrected chi connectivity index (χ1v) is 7.46. The number of hydrogen-bond acceptors (Lipinski definition) is 3. The fourth-order valence-electron chi connectivity index (χ4n) is 2.74. The van der Waals surface area contributed by atoms with Gasteiger partial charge in [0.1, 0.15) is 5.75 Å². The zero-order valence-corrected chi connectivity index (χ0v) is 12.2. The predicted molar refractivity (Wildman–Crippen MR) is 79.5 cm³/mol. The Morgan fingerprint density at radius 2 is 2.30 bits per heavy atom. The summed E-state index contributed by atoms with van der Waals surface area (Å²) < 4.78 is 5.61. The molecule has 1 heterocycles. The fourth-order valence-corrected chi connectivity index (χ4v) is 2.74. The van der Waals surface area contributed by atoms with Gasteiger partial charge in [-0.15, -0.1) is 0 Å². The molecule has 2 N–H and O–H groups in total. The van der Waals surface area contributed by atoms with Gasteiger partial charge in [0.2, 0.25) is 0 Å². The molecule has 0 aliphatic carbocycles. The topological polar surface area (TPSA) is 55.6 Å². The van der Waals surface area contributed by atoms with Crippen molar-refractivity contribution in [3.8, 4) is 5.75 Å². The van der Waals surface area contributed by atoms with Crippen LogP contribution in [0.4, 0.5) is 0 Å². The summed E-state index contributed by atoms with van der Waals surface area (Å²) in [7, 11) is 0. The van der Waals surface area contributed by atoms with Crippen molar-refractivity contribution >= 4 is 5.91 Å². The van der Waals surface area contributed by atoms with E-state index in [4.69, 9.17) is 10.5 Å². The Kier molecular flexibility index (Phi) is 5.41. The van der Waals surface area contributed by atoms with Gasteiger partial charge in [-0.3, -0.25) is 4.79 Å².